The SMILES string of the molecule is Cc1nn(C)cc1C1C=C(OS(=O)(=O)C(F)(F)F)CCO1. The summed E-state index contributed by atoms with van der Waals surface area (Å²) in [6.07, 6.45) is 2.13. The predicted octanol–water partition coefficient (Wildman–Crippen LogP) is 1.94. The Kier molecular flexibility index (Phi) is 4.02. The summed E-state index contributed by atoms with van der Waals surface area (Å²) in [5.41, 5.74) is -4.17. The molecule has 2 rings (SSSR count). The fraction of sp³-hybridized carbons (Fsp3) is 0.545. The third-order valence-electron chi connectivity index (χ3n) is 2.84. The fourth-order valence-corrected chi connectivity index (χ4v) is 2.44. The first-order valence-corrected chi connectivity index (χ1v) is 7.34. The van der Waals surface area contributed by atoms with Gasteiger partial charge in [-0.15, -0.1) is 0 Å². The van der Waals surface area contributed by atoms with E-state index in [2.05, 4.69) is 9.28 Å². The highest BCUT2D eigenvalue weighted by molar-refractivity contribution is 7.87. The lowest BCUT2D eigenvalue weighted by molar-refractivity contribution is -0.0530. The largest absolute Gasteiger partial charge is 0.534 e. The molecule has 1 aromatic heterocycles. The molecule has 0 saturated carbocycles. The van der Waals surface area contributed by atoms with Crippen molar-refractivity contribution in [3.8, 4) is 0 Å². The Bertz CT molecular complexity index is 663. The van der Waals surface area contributed by atoms with Gasteiger partial charge in [-0.05, 0) is 13.0 Å². The van der Waals surface area contributed by atoms with Crippen molar-refractivity contribution in [3.63, 3.8) is 0 Å². The maximum absolute atomic E-state index is 12.3. The molecule has 0 aliphatic carbocycles. The number of rotatable bonds is 3. The summed E-state index contributed by atoms with van der Waals surface area (Å²) in [6.45, 7) is 1.77. The molecule has 0 fully saturated rings. The van der Waals surface area contributed by atoms with Gasteiger partial charge in [-0.1, -0.05) is 0 Å². The van der Waals surface area contributed by atoms with Crippen LogP contribution in [0.1, 0.15) is 23.8 Å². The zero-order chi connectivity index (χ0) is 15.8. The van der Waals surface area contributed by atoms with Crippen LogP contribution in [0.25, 0.3) is 0 Å². The maximum atomic E-state index is 12.3. The van der Waals surface area contributed by atoms with E-state index in [1.165, 1.54) is 10.8 Å². The van der Waals surface area contributed by atoms with E-state index in [0.29, 0.717) is 11.3 Å². The molecule has 0 spiro atoms. The number of halogens is 3. The first kappa shape index (κ1) is 15.8. The van der Waals surface area contributed by atoms with Crippen LogP contribution in [0.3, 0.4) is 0 Å². The van der Waals surface area contributed by atoms with Crippen molar-refractivity contribution in [2.45, 2.75) is 25.0 Å². The highest BCUT2D eigenvalue weighted by Crippen LogP contribution is 2.32. The second kappa shape index (κ2) is 5.34. The molecule has 1 atom stereocenters. The molecular weight excluding hydrogens is 313 g/mol. The molecule has 0 N–H and O–H groups in total. The van der Waals surface area contributed by atoms with Crippen molar-refractivity contribution in [1.29, 1.82) is 0 Å². The molecule has 1 unspecified atom stereocenters. The van der Waals surface area contributed by atoms with Crippen molar-refractivity contribution >= 4 is 10.1 Å². The second-order valence-electron chi connectivity index (χ2n) is 4.50. The van der Waals surface area contributed by atoms with E-state index in [-0.39, 0.29) is 18.8 Å². The Morgan fingerprint density at radius 3 is 2.67 bits per heavy atom. The first-order chi connectivity index (χ1) is 9.60. The molecule has 10 heteroatoms. The minimum absolute atomic E-state index is 0.0505. The van der Waals surface area contributed by atoms with E-state index in [1.54, 1.807) is 20.2 Å². The van der Waals surface area contributed by atoms with Crippen molar-refractivity contribution in [3.05, 3.63) is 29.3 Å². The molecule has 0 radical (unpaired) electrons. The van der Waals surface area contributed by atoms with Crippen molar-refractivity contribution in [2.24, 2.45) is 7.05 Å². The van der Waals surface area contributed by atoms with Gasteiger partial charge >= 0.3 is 15.6 Å². The smallest absolute Gasteiger partial charge is 0.381 e. The Labute approximate surface area is 119 Å². The lowest BCUT2D eigenvalue weighted by Gasteiger charge is -2.22. The average Bonchev–Trinajstić information content (AvgIpc) is 2.67. The quantitative estimate of drug-likeness (QED) is 0.627. The monoisotopic (exact) mass is 326 g/mol. The summed E-state index contributed by atoms with van der Waals surface area (Å²) >= 11 is 0. The maximum Gasteiger partial charge on any atom is 0.534 e. The van der Waals surface area contributed by atoms with Crippen molar-refractivity contribution in [1.82, 2.24) is 9.78 Å². The van der Waals surface area contributed by atoms with Gasteiger partial charge in [0.25, 0.3) is 0 Å². The number of nitrogens with zero attached hydrogens (tertiary/aromatic N) is 2. The van der Waals surface area contributed by atoms with Gasteiger partial charge in [-0.2, -0.15) is 26.7 Å². The summed E-state index contributed by atoms with van der Waals surface area (Å²) in [5.74, 6) is -0.285. The minimum Gasteiger partial charge on any atom is -0.381 e. The van der Waals surface area contributed by atoms with Crippen LogP contribution in [0, 0.1) is 6.92 Å². The Morgan fingerprint density at radius 1 is 1.48 bits per heavy atom. The van der Waals surface area contributed by atoms with Crippen LogP contribution in [-0.2, 0) is 26.1 Å². The number of aryl methyl sites for hydroxylation is 2. The zero-order valence-electron chi connectivity index (χ0n) is 11.2. The van der Waals surface area contributed by atoms with Gasteiger partial charge in [0.15, 0.2) is 0 Å². The first-order valence-electron chi connectivity index (χ1n) is 5.93. The zero-order valence-corrected chi connectivity index (χ0v) is 12.0. The van der Waals surface area contributed by atoms with E-state index in [0.717, 1.165) is 0 Å². The number of hydrogen-bond acceptors (Lipinski definition) is 5. The molecule has 1 aliphatic rings. The standard InChI is InChI=1S/C11H13F3N2O4S/c1-7-9(6-16(2)15-7)10-5-8(3-4-19-10)20-21(17,18)11(12,13)14/h5-6,10H,3-4H2,1-2H3. The summed E-state index contributed by atoms with van der Waals surface area (Å²) in [4.78, 5) is 0. The molecule has 1 aromatic rings. The molecule has 0 bridgehead atoms. The van der Waals surface area contributed by atoms with E-state index in [4.69, 9.17) is 4.74 Å². The van der Waals surface area contributed by atoms with Gasteiger partial charge in [0.2, 0.25) is 0 Å². The topological polar surface area (TPSA) is 70.4 Å². The number of ether oxygens (including phenoxy) is 1. The average molecular weight is 326 g/mol. The molecule has 0 saturated heterocycles. The number of hydrogen-bond donors (Lipinski definition) is 0. The molecule has 21 heavy (non-hydrogen) atoms. The second-order valence-corrected chi connectivity index (χ2v) is 6.04. The third-order valence-corrected chi connectivity index (χ3v) is 3.84. The van der Waals surface area contributed by atoms with Crippen LogP contribution < -0.4 is 0 Å². The highest BCUT2D eigenvalue weighted by atomic mass is 32.2. The predicted molar refractivity (Wildman–Crippen MR) is 65.4 cm³/mol. The normalized spacial score (nSPS) is 20.2. The third kappa shape index (κ3) is 3.38. The van der Waals surface area contributed by atoms with Crippen LogP contribution >= 0.6 is 0 Å². The van der Waals surface area contributed by atoms with Gasteiger partial charge < -0.3 is 8.92 Å². The molecule has 0 aromatic carbocycles. The number of aromatic nitrogens is 2. The van der Waals surface area contributed by atoms with Gasteiger partial charge in [0, 0.05) is 25.2 Å². The van der Waals surface area contributed by atoms with Gasteiger partial charge in [-0.25, -0.2) is 0 Å². The summed E-state index contributed by atoms with van der Waals surface area (Å²) in [7, 11) is -3.96. The summed E-state index contributed by atoms with van der Waals surface area (Å²) < 4.78 is 69.9. The van der Waals surface area contributed by atoms with Gasteiger partial charge in [0.05, 0.1) is 12.3 Å². The van der Waals surface area contributed by atoms with Crippen LogP contribution in [0.15, 0.2) is 18.0 Å². The highest BCUT2D eigenvalue weighted by Gasteiger charge is 2.49. The van der Waals surface area contributed by atoms with E-state index in [1.807, 2.05) is 0 Å². The Balaban J connectivity index is 2.24. The van der Waals surface area contributed by atoms with Gasteiger partial charge in [-0.3, -0.25) is 4.68 Å². The van der Waals surface area contributed by atoms with E-state index < -0.39 is 21.7 Å². The molecule has 6 nitrogen and oxygen atoms in total. The fourth-order valence-electron chi connectivity index (χ4n) is 1.92. The summed E-state index contributed by atoms with van der Waals surface area (Å²) in [6, 6.07) is 0. The van der Waals surface area contributed by atoms with E-state index >= 15 is 0 Å². The minimum atomic E-state index is -5.65. The molecule has 1 aliphatic heterocycles. The van der Waals surface area contributed by atoms with Crippen LogP contribution in [0.4, 0.5) is 13.2 Å². The lowest BCUT2D eigenvalue weighted by atomic mass is 10.1. The number of alkyl halides is 3. The van der Waals surface area contributed by atoms with Crippen molar-refractivity contribution < 1.29 is 30.5 Å². The van der Waals surface area contributed by atoms with Crippen LogP contribution in [0.2, 0.25) is 0 Å². The van der Waals surface area contributed by atoms with Crippen LogP contribution in [-0.4, -0.2) is 30.3 Å². The van der Waals surface area contributed by atoms with Crippen molar-refractivity contribution in [2.75, 3.05) is 6.61 Å². The lowest BCUT2D eigenvalue weighted by Crippen LogP contribution is -2.26. The molecule has 118 valence electrons. The summed E-state index contributed by atoms with van der Waals surface area (Å²) in [5, 5.41) is 4.09. The van der Waals surface area contributed by atoms with Gasteiger partial charge in [0.1, 0.15) is 11.9 Å². The molecule has 0 amide bonds. The van der Waals surface area contributed by atoms with E-state index in [9.17, 15) is 21.6 Å². The molecule has 2 heterocycles. The molecular formula is C11H13F3N2O4S. The van der Waals surface area contributed by atoms with Crippen LogP contribution in [0.5, 0.6) is 0 Å². The Morgan fingerprint density at radius 2 is 2.14 bits per heavy atom. The Hall–Kier alpha value is -1.55.